The third-order valence-corrected chi connectivity index (χ3v) is 1.66. The first kappa shape index (κ1) is 9.44. The molecular formula is C8H9F2N3. The van der Waals surface area contributed by atoms with E-state index < -0.39 is 11.6 Å². The van der Waals surface area contributed by atoms with Gasteiger partial charge < -0.3 is 11.6 Å². The number of hydrogen-bond acceptors (Lipinski definition) is 2. The highest BCUT2D eigenvalue weighted by atomic mass is 19.1. The number of nitrogens with two attached hydrogens (primary N) is 2. The van der Waals surface area contributed by atoms with Crippen molar-refractivity contribution in [3.8, 4) is 0 Å². The molecule has 3 nitrogen and oxygen atoms in total. The highest BCUT2D eigenvalue weighted by molar-refractivity contribution is 5.97. The van der Waals surface area contributed by atoms with Gasteiger partial charge in [-0.1, -0.05) is 0 Å². The van der Waals surface area contributed by atoms with Gasteiger partial charge in [0.25, 0.3) is 0 Å². The number of hydrogen-bond donors (Lipinski definition) is 2. The van der Waals surface area contributed by atoms with Crippen LogP contribution in [0.25, 0.3) is 0 Å². The smallest absolute Gasteiger partial charge is 0.153 e. The van der Waals surface area contributed by atoms with Gasteiger partial charge >= 0.3 is 0 Å². The predicted molar refractivity (Wildman–Crippen MR) is 46.0 cm³/mol. The summed E-state index contributed by atoms with van der Waals surface area (Å²) in [6.07, 6.45) is 0. The molecule has 5 heteroatoms. The Morgan fingerprint density at radius 3 is 2.46 bits per heavy atom. The molecule has 0 atom stereocenters. The van der Waals surface area contributed by atoms with Crippen molar-refractivity contribution in [3.63, 3.8) is 0 Å². The fourth-order valence-electron chi connectivity index (χ4n) is 0.912. The van der Waals surface area contributed by atoms with Crippen molar-refractivity contribution in [3.05, 3.63) is 34.9 Å². The highest BCUT2D eigenvalue weighted by Crippen LogP contribution is 2.13. The lowest BCUT2D eigenvalue weighted by atomic mass is 10.1. The first-order chi connectivity index (χ1) is 6.06. The molecule has 0 heterocycles. The van der Waals surface area contributed by atoms with E-state index in [0.29, 0.717) is 0 Å². The van der Waals surface area contributed by atoms with Gasteiger partial charge in [-0.3, -0.25) is 0 Å². The number of benzene rings is 1. The number of amidine groups is 1. The van der Waals surface area contributed by atoms with E-state index in [0.717, 1.165) is 12.1 Å². The number of nitrogens with zero attached hydrogens (tertiary/aromatic N) is 1. The van der Waals surface area contributed by atoms with E-state index in [9.17, 15) is 8.78 Å². The Labute approximate surface area is 74.0 Å². The number of rotatable bonds is 1. The van der Waals surface area contributed by atoms with Gasteiger partial charge in [0.15, 0.2) is 5.84 Å². The molecule has 0 bridgehead atoms. The molecule has 0 spiro atoms. The maximum Gasteiger partial charge on any atom is 0.153 e. The Bertz CT molecular complexity index is 361. The Morgan fingerprint density at radius 2 is 1.92 bits per heavy atom. The molecular weight excluding hydrogens is 176 g/mol. The summed E-state index contributed by atoms with van der Waals surface area (Å²) < 4.78 is 26.0. The van der Waals surface area contributed by atoms with Gasteiger partial charge in [0.05, 0.1) is 5.56 Å². The van der Waals surface area contributed by atoms with E-state index in [1.165, 1.54) is 6.92 Å². The lowest BCUT2D eigenvalue weighted by Gasteiger charge is -2.03. The SMILES string of the molecule is Cc1cc(F)c(C(N)=NN)cc1F. The van der Waals surface area contributed by atoms with E-state index in [4.69, 9.17) is 11.6 Å². The van der Waals surface area contributed by atoms with E-state index in [1.807, 2.05) is 0 Å². The zero-order valence-electron chi connectivity index (χ0n) is 7.01. The predicted octanol–water partition coefficient (Wildman–Crippen LogP) is 0.852. The van der Waals surface area contributed by atoms with Crippen LogP contribution < -0.4 is 11.6 Å². The molecule has 0 saturated heterocycles. The topological polar surface area (TPSA) is 64.4 Å². The minimum atomic E-state index is -0.634. The van der Waals surface area contributed by atoms with Gasteiger partial charge in [0.1, 0.15) is 11.6 Å². The van der Waals surface area contributed by atoms with Crippen molar-refractivity contribution < 1.29 is 8.78 Å². The maximum absolute atomic E-state index is 13.1. The molecule has 0 aliphatic carbocycles. The van der Waals surface area contributed by atoms with Crippen LogP contribution in [0, 0.1) is 18.6 Å². The third kappa shape index (κ3) is 1.74. The molecule has 0 fully saturated rings. The van der Waals surface area contributed by atoms with Crippen molar-refractivity contribution >= 4 is 5.84 Å². The van der Waals surface area contributed by atoms with Gasteiger partial charge in [0, 0.05) is 0 Å². The van der Waals surface area contributed by atoms with Gasteiger partial charge in [-0.25, -0.2) is 8.78 Å². The van der Waals surface area contributed by atoms with Gasteiger partial charge in [-0.05, 0) is 24.6 Å². The minimum Gasteiger partial charge on any atom is -0.382 e. The van der Waals surface area contributed by atoms with Crippen LogP contribution in [0.1, 0.15) is 11.1 Å². The van der Waals surface area contributed by atoms with Crippen LogP contribution >= 0.6 is 0 Å². The second-order valence-electron chi connectivity index (χ2n) is 2.60. The molecule has 0 aromatic heterocycles. The van der Waals surface area contributed by atoms with Crippen molar-refractivity contribution in [1.82, 2.24) is 0 Å². The van der Waals surface area contributed by atoms with E-state index >= 15 is 0 Å². The van der Waals surface area contributed by atoms with Crippen molar-refractivity contribution in [2.75, 3.05) is 0 Å². The summed E-state index contributed by atoms with van der Waals surface area (Å²) in [7, 11) is 0. The zero-order valence-corrected chi connectivity index (χ0v) is 7.01. The molecule has 1 aromatic carbocycles. The Morgan fingerprint density at radius 1 is 1.31 bits per heavy atom. The molecule has 4 N–H and O–H groups in total. The van der Waals surface area contributed by atoms with E-state index in [2.05, 4.69) is 5.10 Å². The highest BCUT2D eigenvalue weighted by Gasteiger charge is 2.09. The lowest BCUT2D eigenvalue weighted by Crippen LogP contribution is -2.17. The van der Waals surface area contributed by atoms with Gasteiger partial charge in [0.2, 0.25) is 0 Å². The fraction of sp³-hybridized carbons (Fsp3) is 0.125. The summed E-state index contributed by atoms with van der Waals surface area (Å²) in [6.45, 7) is 1.46. The van der Waals surface area contributed by atoms with E-state index in [-0.39, 0.29) is 17.0 Å². The van der Waals surface area contributed by atoms with Crippen molar-refractivity contribution in [1.29, 1.82) is 0 Å². The Hall–Kier alpha value is -1.65. The molecule has 1 rings (SSSR count). The van der Waals surface area contributed by atoms with Crippen LogP contribution in [0.2, 0.25) is 0 Å². The summed E-state index contributed by atoms with van der Waals surface area (Å²) in [4.78, 5) is 0. The Balaban J connectivity index is 3.32. The third-order valence-electron chi connectivity index (χ3n) is 1.66. The van der Waals surface area contributed by atoms with Crippen LogP contribution in [0.15, 0.2) is 17.2 Å². The van der Waals surface area contributed by atoms with Crippen LogP contribution in [0.3, 0.4) is 0 Å². The average Bonchev–Trinajstić information content (AvgIpc) is 2.10. The monoisotopic (exact) mass is 185 g/mol. The second-order valence-corrected chi connectivity index (χ2v) is 2.60. The second kappa shape index (κ2) is 3.38. The molecule has 13 heavy (non-hydrogen) atoms. The summed E-state index contributed by atoms with van der Waals surface area (Å²) in [5.41, 5.74) is 5.33. The summed E-state index contributed by atoms with van der Waals surface area (Å²) in [6, 6.07) is 2.01. The lowest BCUT2D eigenvalue weighted by molar-refractivity contribution is 0.590. The molecule has 0 aliphatic rings. The van der Waals surface area contributed by atoms with Gasteiger partial charge in [-0.15, -0.1) is 0 Å². The van der Waals surface area contributed by atoms with Crippen molar-refractivity contribution in [2.24, 2.45) is 16.7 Å². The fourth-order valence-corrected chi connectivity index (χ4v) is 0.912. The quantitative estimate of drug-likeness (QED) is 0.295. The summed E-state index contributed by atoms with van der Waals surface area (Å²) in [5, 5.41) is 3.08. The van der Waals surface area contributed by atoms with E-state index in [1.54, 1.807) is 0 Å². The first-order valence-electron chi connectivity index (χ1n) is 3.55. The van der Waals surface area contributed by atoms with Crippen LogP contribution in [0.4, 0.5) is 8.78 Å². The van der Waals surface area contributed by atoms with Crippen LogP contribution in [0.5, 0.6) is 0 Å². The molecule has 0 unspecified atom stereocenters. The molecule has 1 aromatic rings. The molecule has 0 radical (unpaired) electrons. The Kier molecular flexibility index (Phi) is 2.46. The van der Waals surface area contributed by atoms with Gasteiger partial charge in [-0.2, -0.15) is 5.10 Å². The standard InChI is InChI=1S/C8H9F2N3/c1-4-2-7(10)5(3-6(4)9)8(11)13-12/h2-3H,12H2,1H3,(H2,11,13). The molecule has 70 valence electrons. The van der Waals surface area contributed by atoms with Crippen LogP contribution in [-0.2, 0) is 0 Å². The van der Waals surface area contributed by atoms with Crippen LogP contribution in [-0.4, -0.2) is 5.84 Å². The zero-order chi connectivity index (χ0) is 10.0. The first-order valence-corrected chi connectivity index (χ1v) is 3.55. The molecule has 0 amide bonds. The summed E-state index contributed by atoms with van der Waals surface area (Å²) >= 11 is 0. The normalized spacial score (nSPS) is 11.8. The largest absolute Gasteiger partial charge is 0.382 e. The number of halogens is 2. The number of hydrazone groups is 1. The molecule has 0 aliphatic heterocycles. The van der Waals surface area contributed by atoms with Crippen molar-refractivity contribution in [2.45, 2.75) is 6.92 Å². The average molecular weight is 185 g/mol. The minimum absolute atomic E-state index is 0.120. The molecule has 0 saturated carbocycles. The maximum atomic E-state index is 13.1. The number of aryl methyl sites for hydroxylation is 1. The summed E-state index contributed by atoms with van der Waals surface area (Å²) in [5.74, 6) is 3.44.